The average Bonchev–Trinajstić information content (AvgIpc) is 2.37. The highest BCUT2D eigenvalue weighted by atomic mass is 32.2. The highest BCUT2D eigenvalue weighted by Crippen LogP contribution is 2.32. The van der Waals surface area contributed by atoms with Gasteiger partial charge in [0.2, 0.25) is 0 Å². The lowest BCUT2D eigenvalue weighted by molar-refractivity contribution is 0.0698. The van der Waals surface area contributed by atoms with Crippen LogP contribution in [-0.4, -0.2) is 49.2 Å². The van der Waals surface area contributed by atoms with Gasteiger partial charge < -0.3 is 15.7 Å². The Morgan fingerprint density at radius 1 is 1.50 bits per heavy atom. The molecule has 1 saturated heterocycles. The average molecular weight is 316 g/mol. The molecule has 0 radical (unpaired) electrons. The van der Waals surface area contributed by atoms with Crippen molar-refractivity contribution in [2.75, 3.05) is 34.9 Å². The van der Waals surface area contributed by atoms with E-state index in [9.17, 15) is 13.2 Å². The van der Waals surface area contributed by atoms with Crippen LogP contribution in [0.3, 0.4) is 0 Å². The summed E-state index contributed by atoms with van der Waals surface area (Å²) in [6.45, 7) is 0.523. The second-order valence-corrected chi connectivity index (χ2v) is 7.95. The summed E-state index contributed by atoms with van der Waals surface area (Å²) >= 11 is 1.57. The smallest absolute Gasteiger partial charge is 0.337 e. The summed E-state index contributed by atoms with van der Waals surface area (Å²) < 4.78 is 23.8. The van der Waals surface area contributed by atoms with Crippen molar-refractivity contribution < 1.29 is 18.3 Å². The Morgan fingerprint density at radius 3 is 2.80 bits per heavy atom. The Kier molecular flexibility index (Phi) is 4.14. The third kappa shape index (κ3) is 2.85. The molecule has 0 amide bonds. The Morgan fingerprint density at radius 2 is 2.20 bits per heavy atom. The molecule has 0 aromatic heterocycles. The van der Waals surface area contributed by atoms with Crippen LogP contribution in [0.15, 0.2) is 18.2 Å². The SMILES string of the molecule is CS(=O)(=O)C1CSCCN1c1cccc(C(=O)O)c1N. The van der Waals surface area contributed by atoms with Crippen molar-refractivity contribution in [3.8, 4) is 0 Å². The summed E-state index contributed by atoms with van der Waals surface area (Å²) in [6, 6.07) is 4.65. The minimum Gasteiger partial charge on any atom is -0.478 e. The lowest BCUT2D eigenvalue weighted by atomic mass is 10.1. The Balaban J connectivity index is 2.48. The molecule has 1 atom stereocenters. The van der Waals surface area contributed by atoms with E-state index in [1.807, 2.05) is 0 Å². The van der Waals surface area contributed by atoms with Crippen LogP contribution in [0.1, 0.15) is 10.4 Å². The fraction of sp³-hybridized carbons (Fsp3) is 0.417. The van der Waals surface area contributed by atoms with Gasteiger partial charge in [-0.3, -0.25) is 0 Å². The minimum atomic E-state index is -3.27. The number of carbonyl (C=O) groups is 1. The molecule has 0 spiro atoms. The zero-order chi connectivity index (χ0) is 14.9. The van der Waals surface area contributed by atoms with Crippen molar-refractivity contribution in [1.82, 2.24) is 0 Å². The van der Waals surface area contributed by atoms with Crippen LogP contribution in [-0.2, 0) is 9.84 Å². The standard InChI is InChI=1S/C12H16N2O4S2/c1-20(17,18)10-7-19-6-5-14(10)9-4-2-3-8(11(9)13)12(15)16/h2-4,10H,5-7,13H2,1H3,(H,15,16). The largest absolute Gasteiger partial charge is 0.478 e. The number of rotatable bonds is 3. The molecule has 0 aliphatic carbocycles. The van der Waals surface area contributed by atoms with Gasteiger partial charge in [0.05, 0.1) is 16.9 Å². The third-order valence-electron chi connectivity index (χ3n) is 3.20. The van der Waals surface area contributed by atoms with E-state index in [0.29, 0.717) is 18.0 Å². The van der Waals surface area contributed by atoms with Gasteiger partial charge in [0.15, 0.2) is 9.84 Å². The Hall–Kier alpha value is -1.41. The number of hydrogen-bond acceptors (Lipinski definition) is 6. The molecule has 6 nitrogen and oxygen atoms in total. The first-order valence-electron chi connectivity index (χ1n) is 5.97. The molecule has 1 aromatic rings. The highest BCUT2D eigenvalue weighted by molar-refractivity contribution is 8.01. The maximum atomic E-state index is 11.9. The van der Waals surface area contributed by atoms with Gasteiger partial charge in [0, 0.05) is 24.3 Å². The van der Waals surface area contributed by atoms with E-state index in [0.717, 1.165) is 5.75 Å². The zero-order valence-electron chi connectivity index (χ0n) is 10.9. The zero-order valence-corrected chi connectivity index (χ0v) is 12.6. The summed E-state index contributed by atoms with van der Waals surface area (Å²) in [5, 5.41) is 8.42. The van der Waals surface area contributed by atoms with Crippen LogP contribution in [0.25, 0.3) is 0 Å². The van der Waals surface area contributed by atoms with Gasteiger partial charge in [-0.2, -0.15) is 11.8 Å². The molecule has 0 saturated carbocycles. The van der Waals surface area contributed by atoms with Crippen LogP contribution in [0.4, 0.5) is 11.4 Å². The number of thioether (sulfide) groups is 1. The number of benzene rings is 1. The fourth-order valence-corrected chi connectivity index (χ4v) is 5.03. The van der Waals surface area contributed by atoms with E-state index in [2.05, 4.69) is 0 Å². The first-order chi connectivity index (χ1) is 9.32. The molecular weight excluding hydrogens is 300 g/mol. The van der Waals surface area contributed by atoms with Crippen LogP contribution in [0.2, 0.25) is 0 Å². The molecule has 1 aromatic carbocycles. The Bertz CT molecular complexity index is 630. The quantitative estimate of drug-likeness (QED) is 0.799. The molecule has 0 bridgehead atoms. The van der Waals surface area contributed by atoms with E-state index in [1.54, 1.807) is 28.8 Å². The minimum absolute atomic E-state index is 0.00650. The molecular formula is C12H16N2O4S2. The van der Waals surface area contributed by atoms with Crippen LogP contribution >= 0.6 is 11.8 Å². The van der Waals surface area contributed by atoms with E-state index in [-0.39, 0.29) is 11.3 Å². The van der Waals surface area contributed by atoms with Crippen LogP contribution in [0, 0.1) is 0 Å². The number of hydrogen-bond donors (Lipinski definition) is 2. The second kappa shape index (κ2) is 5.53. The lowest BCUT2D eigenvalue weighted by Gasteiger charge is -2.36. The molecule has 1 unspecified atom stereocenters. The first-order valence-corrected chi connectivity index (χ1v) is 9.08. The predicted molar refractivity (Wildman–Crippen MR) is 81.1 cm³/mol. The van der Waals surface area contributed by atoms with E-state index in [4.69, 9.17) is 10.8 Å². The van der Waals surface area contributed by atoms with Crippen molar-refractivity contribution in [1.29, 1.82) is 0 Å². The predicted octanol–water partition coefficient (Wildman–Crippen LogP) is 0.891. The monoisotopic (exact) mass is 316 g/mol. The van der Waals surface area contributed by atoms with Gasteiger partial charge in [0.1, 0.15) is 5.37 Å². The number of nitrogens with two attached hydrogens (primary N) is 1. The first kappa shape index (κ1) is 15.0. The number of sulfone groups is 1. The topological polar surface area (TPSA) is 101 Å². The molecule has 1 aliphatic heterocycles. The summed E-state index contributed by atoms with van der Waals surface area (Å²) in [7, 11) is -3.27. The van der Waals surface area contributed by atoms with Gasteiger partial charge >= 0.3 is 5.97 Å². The van der Waals surface area contributed by atoms with Gasteiger partial charge in [-0.1, -0.05) is 6.07 Å². The van der Waals surface area contributed by atoms with Gasteiger partial charge in [-0.15, -0.1) is 0 Å². The molecule has 3 N–H and O–H groups in total. The normalized spacial score (nSPS) is 19.9. The van der Waals surface area contributed by atoms with E-state index >= 15 is 0 Å². The van der Waals surface area contributed by atoms with Gasteiger partial charge in [0.25, 0.3) is 0 Å². The number of nitrogens with zero attached hydrogens (tertiary/aromatic N) is 1. The molecule has 110 valence electrons. The molecule has 2 rings (SSSR count). The number of carboxylic acid groups (broad SMARTS) is 1. The van der Waals surface area contributed by atoms with E-state index < -0.39 is 21.2 Å². The number of carboxylic acids is 1. The summed E-state index contributed by atoms with van der Waals surface area (Å²) in [5.74, 6) is 0.116. The van der Waals surface area contributed by atoms with Crippen molar-refractivity contribution in [2.45, 2.75) is 5.37 Å². The summed E-state index contributed by atoms with van der Waals surface area (Å²) in [5.41, 5.74) is 6.47. The Labute approximate surface area is 121 Å². The van der Waals surface area contributed by atoms with Crippen molar-refractivity contribution in [3.63, 3.8) is 0 Å². The van der Waals surface area contributed by atoms with Crippen molar-refractivity contribution in [3.05, 3.63) is 23.8 Å². The molecule has 1 fully saturated rings. The molecule has 1 aliphatic rings. The van der Waals surface area contributed by atoms with Crippen molar-refractivity contribution >= 4 is 38.9 Å². The van der Waals surface area contributed by atoms with Gasteiger partial charge in [-0.25, -0.2) is 13.2 Å². The van der Waals surface area contributed by atoms with Crippen LogP contribution in [0.5, 0.6) is 0 Å². The maximum Gasteiger partial charge on any atom is 0.337 e. The molecule has 8 heteroatoms. The summed E-state index contributed by atoms with van der Waals surface area (Å²) in [4.78, 5) is 12.8. The maximum absolute atomic E-state index is 11.9. The number of aromatic carboxylic acids is 1. The number of nitrogen functional groups attached to an aromatic ring is 1. The number of para-hydroxylation sites is 1. The van der Waals surface area contributed by atoms with Crippen molar-refractivity contribution in [2.24, 2.45) is 0 Å². The lowest BCUT2D eigenvalue weighted by Crippen LogP contribution is -2.47. The fourth-order valence-electron chi connectivity index (χ4n) is 2.20. The number of anilines is 2. The molecule has 1 heterocycles. The second-order valence-electron chi connectivity index (χ2n) is 4.60. The van der Waals surface area contributed by atoms with Crippen LogP contribution < -0.4 is 10.6 Å². The van der Waals surface area contributed by atoms with E-state index in [1.165, 1.54) is 12.3 Å². The highest BCUT2D eigenvalue weighted by Gasteiger charge is 2.32. The third-order valence-corrected chi connectivity index (χ3v) is 5.85. The molecule has 20 heavy (non-hydrogen) atoms. The van der Waals surface area contributed by atoms with Gasteiger partial charge in [-0.05, 0) is 12.1 Å². The summed E-state index contributed by atoms with van der Waals surface area (Å²) in [6.07, 6.45) is 1.19.